The van der Waals surface area contributed by atoms with Gasteiger partial charge in [-0.05, 0) is 145 Å². The van der Waals surface area contributed by atoms with Crippen LogP contribution in [-0.2, 0) is 38.1 Å². The molecule has 0 radical (unpaired) electrons. The SMILES string of the molecule is NOC1CCCCO1.O=C(COC1CCCCO1)CN1CCN(c2ccc(Nc3nc(NC4CCCCC4)c4ncn(C5CCCCO5)c4n3)cc2)CC1.O=C(O)CN1CCN(c2ccc(Nc3nc(NC4CCCCC4)c4ncn(C5CCCCO5)c4n3)cc2)CC1. The maximum absolute atomic E-state index is 12.5. The van der Waals surface area contributed by atoms with Gasteiger partial charge in [-0.3, -0.25) is 33.4 Å². The van der Waals surface area contributed by atoms with Gasteiger partial charge in [0.1, 0.15) is 19.1 Å². The molecule has 26 heteroatoms. The van der Waals surface area contributed by atoms with Gasteiger partial charge >= 0.3 is 5.97 Å². The van der Waals surface area contributed by atoms with E-state index < -0.39 is 5.97 Å². The predicted molar refractivity (Wildman–Crippen MR) is 357 cm³/mol. The zero-order valence-electron chi connectivity index (χ0n) is 54.1. The van der Waals surface area contributed by atoms with E-state index in [0.29, 0.717) is 30.5 Å². The van der Waals surface area contributed by atoms with E-state index in [4.69, 9.17) is 64.6 Å². The molecule has 0 amide bonds. The molecule has 6 aromatic rings. The van der Waals surface area contributed by atoms with Crippen molar-refractivity contribution in [2.75, 3.05) is 130 Å². The molecule has 4 atom stereocenters. The lowest BCUT2D eigenvalue weighted by atomic mass is 9.95. The number of imidazole rings is 2. The Kier molecular flexibility index (Phi) is 23.8. The van der Waals surface area contributed by atoms with Gasteiger partial charge in [-0.15, -0.1) is 0 Å². The number of aromatic nitrogens is 8. The molecule has 93 heavy (non-hydrogen) atoms. The van der Waals surface area contributed by atoms with E-state index in [-0.39, 0.29) is 44.0 Å². The van der Waals surface area contributed by atoms with E-state index in [0.717, 1.165) is 232 Å². The van der Waals surface area contributed by atoms with E-state index >= 15 is 0 Å². The number of Topliss-reactive ketones (excluding diaryl/α,β-unsaturated/α-hetero) is 1. The Morgan fingerprint density at radius 2 is 0.914 bits per heavy atom. The number of nitrogens with one attached hydrogen (secondary N) is 4. The molecule has 504 valence electrons. The molecule has 8 aliphatic rings. The van der Waals surface area contributed by atoms with Gasteiger partial charge in [-0.2, -0.15) is 19.9 Å². The van der Waals surface area contributed by atoms with Crippen LogP contribution in [-0.4, -0.2) is 189 Å². The van der Waals surface area contributed by atoms with Gasteiger partial charge in [0.25, 0.3) is 0 Å². The highest BCUT2D eigenvalue weighted by atomic mass is 16.7. The minimum Gasteiger partial charge on any atom is -0.480 e. The number of ketones is 1. The highest BCUT2D eigenvalue weighted by Crippen LogP contribution is 2.34. The van der Waals surface area contributed by atoms with Crippen molar-refractivity contribution < 1.29 is 43.2 Å². The van der Waals surface area contributed by atoms with Crippen LogP contribution in [0.5, 0.6) is 0 Å². The standard InChI is InChI=1S/C34H48N8O4.C28H38N8O3.C5H11NO2/c43-28(23-46-30-11-5-7-21-45-30)22-40-16-18-41(19-17-40)27-14-12-26(13-15-27)37-34-38-32(36-25-8-2-1-3-9-25)31-33(39-34)42(24-35-31)29-10-4-6-20-44-29;37-24(38)18-34-13-15-35(16-14-34)22-11-9-21(10-12-22)31-28-32-26(30-20-6-2-1-3-7-20)25-27(33-28)36(19-29-25)23-8-4-5-17-39-23;6-8-5-3-1-2-4-7-5/h12-15,24-25,29-30H,1-11,16-23H2,(H2,36,37,38,39);9-12,19-20,23H,1-8,13-18H2,(H,37,38)(H2,30,31,32,33);5H,1-4,6H2. The number of nitrogens with two attached hydrogens (primary N) is 1. The van der Waals surface area contributed by atoms with Gasteiger partial charge in [0.05, 0.1) is 25.7 Å². The van der Waals surface area contributed by atoms with Crippen molar-refractivity contribution in [2.45, 2.75) is 178 Å². The van der Waals surface area contributed by atoms with Crippen LogP contribution in [0.1, 0.15) is 154 Å². The summed E-state index contributed by atoms with van der Waals surface area (Å²) in [5, 5.41) is 23.3. The topological polar surface area (TPSA) is 284 Å². The molecular weight excluding hydrogens is 1190 g/mol. The number of aliphatic carboxylic acids is 1. The summed E-state index contributed by atoms with van der Waals surface area (Å²) in [5.41, 5.74) is 7.30. The Bertz CT molecular complexity index is 3270. The minimum absolute atomic E-state index is 0.0496. The lowest BCUT2D eigenvalue weighted by Crippen LogP contribution is -2.48. The number of hydrogen-bond donors (Lipinski definition) is 6. The first-order valence-electron chi connectivity index (χ1n) is 34.6. The Morgan fingerprint density at radius 3 is 1.31 bits per heavy atom. The number of ether oxygens (including phenoxy) is 5. The first-order chi connectivity index (χ1) is 45.7. The van der Waals surface area contributed by atoms with Crippen LogP contribution in [0, 0.1) is 0 Å². The third kappa shape index (κ3) is 18.5. The summed E-state index contributed by atoms with van der Waals surface area (Å²) in [5.74, 6) is 6.87. The predicted octanol–water partition coefficient (Wildman–Crippen LogP) is 9.87. The number of carbonyl (C=O) groups excluding carboxylic acids is 1. The minimum atomic E-state index is -0.773. The molecule has 4 unspecified atom stereocenters. The van der Waals surface area contributed by atoms with Crippen molar-refractivity contribution in [3.8, 4) is 0 Å². The Labute approximate surface area is 545 Å². The third-order valence-corrected chi connectivity index (χ3v) is 19.0. The van der Waals surface area contributed by atoms with Crippen LogP contribution >= 0.6 is 0 Å². The average Bonchev–Trinajstić information content (AvgIpc) is 1.70. The number of nitrogens with zero attached hydrogens (tertiary/aromatic N) is 12. The van der Waals surface area contributed by atoms with Gasteiger partial charge in [-0.25, -0.2) is 15.9 Å². The van der Waals surface area contributed by atoms with Crippen molar-refractivity contribution >= 4 is 80.4 Å². The lowest BCUT2D eigenvalue weighted by molar-refractivity contribution is -0.169. The zero-order chi connectivity index (χ0) is 63.6. The molecule has 7 N–H and O–H groups in total. The molecular formula is C67H97N17O9. The number of carbonyl (C=O) groups is 2. The lowest BCUT2D eigenvalue weighted by Gasteiger charge is -2.35. The van der Waals surface area contributed by atoms with Crippen LogP contribution < -0.4 is 37.0 Å². The summed E-state index contributed by atoms with van der Waals surface area (Å²) in [6.45, 7) is 10.2. The molecule has 0 spiro atoms. The van der Waals surface area contributed by atoms with Gasteiger partial charge in [0, 0.05) is 120 Å². The van der Waals surface area contributed by atoms with Crippen molar-refractivity contribution in [2.24, 2.45) is 5.90 Å². The second kappa shape index (κ2) is 33.5. The molecule has 4 aromatic heterocycles. The van der Waals surface area contributed by atoms with E-state index in [1.54, 1.807) is 0 Å². The first-order valence-corrected chi connectivity index (χ1v) is 34.6. The van der Waals surface area contributed by atoms with Gasteiger partial charge in [-0.1, -0.05) is 38.5 Å². The fourth-order valence-electron chi connectivity index (χ4n) is 13.8. The van der Waals surface area contributed by atoms with Gasteiger partial charge in [0.2, 0.25) is 11.9 Å². The molecule has 2 saturated carbocycles. The van der Waals surface area contributed by atoms with Crippen LogP contribution in [0.2, 0.25) is 0 Å². The second-order valence-corrected chi connectivity index (χ2v) is 25.9. The van der Waals surface area contributed by atoms with E-state index in [1.165, 1.54) is 44.9 Å². The van der Waals surface area contributed by atoms with Crippen LogP contribution in [0.4, 0.5) is 46.3 Å². The number of rotatable bonds is 20. The van der Waals surface area contributed by atoms with Crippen molar-refractivity contribution in [1.82, 2.24) is 48.8 Å². The summed E-state index contributed by atoms with van der Waals surface area (Å²) in [6, 6.07) is 17.5. The molecule has 8 fully saturated rings. The summed E-state index contributed by atoms with van der Waals surface area (Å²) >= 11 is 0. The monoisotopic (exact) mass is 1280 g/mol. The normalized spacial score (nSPS) is 23.1. The average molecular weight is 1280 g/mol. The van der Waals surface area contributed by atoms with Crippen molar-refractivity contribution in [3.63, 3.8) is 0 Å². The molecule has 6 aliphatic heterocycles. The van der Waals surface area contributed by atoms with E-state index in [1.807, 2.05) is 29.7 Å². The zero-order valence-corrected chi connectivity index (χ0v) is 54.1. The fourth-order valence-corrected chi connectivity index (χ4v) is 13.8. The first kappa shape index (κ1) is 66.2. The molecule has 2 aliphatic carbocycles. The van der Waals surface area contributed by atoms with Gasteiger partial charge < -0.3 is 59.9 Å². The summed E-state index contributed by atoms with van der Waals surface area (Å²) in [7, 11) is 0. The molecule has 26 nitrogen and oxygen atoms in total. The number of anilines is 8. The van der Waals surface area contributed by atoms with Crippen LogP contribution in [0.15, 0.2) is 61.2 Å². The molecule has 0 bridgehead atoms. The molecule has 10 heterocycles. The number of piperazine rings is 2. The number of carboxylic acids is 1. The fraction of sp³-hybridized carbons (Fsp3) is 0.642. The Hall–Kier alpha value is -6.88. The van der Waals surface area contributed by atoms with Crippen LogP contribution in [0.25, 0.3) is 22.3 Å². The number of hydrogen-bond acceptors (Lipinski definition) is 23. The van der Waals surface area contributed by atoms with E-state index in [2.05, 4.69) is 86.3 Å². The molecule has 6 saturated heterocycles. The Balaban J connectivity index is 0.000000161. The van der Waals surface area contributed by atoms with Crippen molar-refractivity contribution in [3.05, 3.63) is 61.2 Å². The molecule has 14 rings (SSSR count). The number of fused-ring (bicyclic) bond motifs is 2. The Morgan fingerprint density at radius 1 is 0.495 bits per heavy atom. The van der Waals surface area contributed by atoms with Crippen molar-refractivity contribution in [1.29, 1.82) is 0 Å². The highest BCUT2D eigenvalue weighted by Gasteiger charge is 2.28. The second-order valence-electron chi connectivity index (χ2n) is 25.9. The summed E-state index contributed by atoms with van der Waals surface area (Å²) < 4.78 is 32.6. The maximum Gasteiger partial charge on any atom is 0.317 e. The van der Waals surface area contributed by atoms with Crippen LogP contribution in [0.3, 0.4) is 0 Å². The van der Waals surface area contributed by atoms with Gasteiger partial charge in [0.15, 0.2) is 52.3 Å². The molecule has 2 aromatic carbocycles. The largest absolute Gasteiger partial charge is 0.480 e. The highest BCUT2D eigenvalue weighted by molar-refractivity contribution is 5.86. The maximum atomic E-state index is 12.5. The quantitative estimate of drug-likeness (QED) is 0.0388. The smallest absolute Gasteiger partial charge is 0.317 e. The van der Waals surface area contributed by atoms with E-state index in [9.17, 15) is 9.59 Å². The summed E-state index contributed by atoms with van der Waals surface area (Å²) in [6.07, 6.45) is 28.1. The summed E-state index contributed by atoms with van der Waals surface area (Å²) in [4.78, 5) is 65.9. The third-order valence-electron chi connectivity index (χ3n) is 19.0. The number of carboxylic acid groups (broad SMARTS) is 1. The number of benzene rings is 2.